The van der Waals surface area contributed by atoms with Crippen molar-refractivity contribution in [1.82, 2.24) is 25.4 Å². The molecule has 1 amide bonds. The van der Waals surface area contributed by atoms with E-state index in [1.165, 1.54) is 25.9 Å². The van der Waals surface area contributed by atoms with Gasteiger partial charge < -0.3 is 10.2 Å². The standard InChI is InChI=1S/C26H31N5O2/c32-25(19-9-10-20(27-17-19)13-16-31-14-3-4-15-31)28-21-11-7-18(8-12-21)24-22-5-1-2-6-23(22)26(33)30-29-24/h1-2,5-6,9-10,17-18,21H,3-4,7-8,11-16H2,(H,28,32)(H,30,33)/t18-,21-. The van der Waals surface area contributed by atoms with E-state index in [0.717, 1.165) is 55.4 Å². The van der Waals surface area contributed by atoms with Crippen LogP contribution in [0.3, 0.4) is 0 Å². The van der Waals surface area contributed by atoms with Gasteiger partial charge in [0, 0.05) is 42.2 Å². The Hall–Kier alpha value is -3.06. The number of H-pyrrole nitrogens is 1. The number of hydrogen-bond acceptors (Lipinski definition) is 5. The third-order valence-corrected chi connectivity index (χ3v) is 7.14. The highest BCUT2D eigenvalue weighted by molar-refractivity contribution is 5.94. The lowest BCUT2D eigenvalue weighted by Gasteiger charge is -2.29. The zero-order valence-electron chi connectivity index (χ0n) is 18.9. The maximum absolute atomic E-state index is 12.7. The van der Waals surface area contributed by atoms with Gasteiger partial charge in [0.2, 0.25) is 0 Å². The van der Waals surface area contributed by atoms with Crippen molar-refractivity contribution < 1.29 is 4.79 Å². The van der Waals surface area contributed by atoms with Crippen LogP contribution >= 0.6 is 0 Å². The molecule has 0 spiro atoms. The molecule has 5 rings (SSSR count). The molecular formula is C26H31N5O2. The maximum atomic E-state index is 12.7. The molecule has 1 aromatic carbocycles. The number of aromatic nitrogens is 3. The van der Waals surface area contributed by atoms with Crippen LogP contribution in [-0.2, 0) is 6.42 Å². The Bertz CT molecular complexity index is 1160. The van der Waals surface area contributed by atoms with E-state index < -0.39 is 0 Å². The predicted octanol–water partition coefficient (Wildman–Crippen LogP) is 3.41. The van der Waals surface area contributed by atoms with Crippen LogP contribution in [0.4, 0.5) is 0 Å². The van der Waals surface area contributed by atoms with Crippen molar-refractivity contribution >= 4 is 16.7 Å². The summed E-state index contributed by atoms with van der Waals surface area (Å²) < 4.78 is 0. The summed E-state index contributed by atoms with van der Waals surface area (Å²) in [5.74, 6) is 0.237. The molecular weight excluding hydrogens is 414 g/mol. The third kappa shape index (κ3) is 4.98. The number of likely N-dealkylation sites (tertiary alicyclic amines) is 1. The average molecular weight is 446 g/mol. The van der Waals surface area contributed by atoms with E-state index in [-0.39, 0.29) is 23.4 Å². The van der Waals surface area contributed by atoms with Gasteiger partial charge in [-0.05, 0) is 69.8 Å². The molecule has 1 saturated carbocycles. The van der Waals surface area contributed by atoms with E-state index in [1.54, 1.807) is 6.20 Å². The van der Waals surface area contributed by atoms with Gasteiger partial charge in [0.15, 0.2) is 0 Å². The molecule has 33 heavy (non-hydrogen) atoms. The highest BCUT2D eigenvalue weighted by Crippen LogP contribution is 2.34. The lowest BCUT2D eigenvalue weighted by molar-refractivity contribution is 0.0925. The first-order chi connectivity index (χ1) is 16.2. The van der Waals surface area contributed by atoms with Crippen LogP contribution in [0.1, 0.15) is 66.2 Å². The van der Waals surface area contributed by atoms with Crippen molar-refractivity contribution in [2.75, 3.05) is 19.6 Å². The smallest absolute Gasteiger partial charge is 0.272 e. The summed E-state index contributed by atoms with van der Waals surface area (Å²) in [7, 11) is 0. The second kappa shape index (κ2) is 9.83. The largest absolute Gasteiger partial charge is 0.349 e. The highest BCUT2D eigenvalue weighted by Gasteiger charge is 2.26. The second-order valence-corrected chi connectivity index (χ2v) is 9.34. The molecule has 7 heteroatoms. The van der Waals surface area contributed by atoms with Gasteiger partial charge in [0.25, 0.3) is 11.5 Å². The molecule has 2 fully saturated rings. The lowest BCUT2D eigenvalue weighted by Crippen LogP contribution is -2.37. The fraction of sp³-hybridized carbons (Fsp3) is 0.462. The Morgan fingerprint density at radius 2 is 1.79 bits per heavy atom. The normalized spacial score (nSPS) is 21.3. The zero-order valence-corrected chi connectivity index (χ0v) is 18.9. The number of carbonyl (C=O) groups is 1. The molecule has 2 aliphatic rings. The summed E-state index contributed by atoms with van der Waals surface area (Å²) >= 11 is 0. The molecule has 1 saturated heterocycles. The van der Waals surface area contributed by atoms with Crippen molar-refractivity contribution in [3.63, 3.8) is 0 Å². The predicted molar refractivity (Wildman–Crippen MR) is 128 cm³/mol. The SMILES string of the molecule is O=C(N[C@H]1CC[C@H](c2n[nH]c(=O)c3ccccc32)CC1)c1ccc(CCN2CCCC2)nc1. The molecule has 7 nitrogen and oxygen atoms in total. The number of carbonyl (C=O) groups excluding carboxylic acids is 1. The molecule has 1 aliphatic carbocycles. The first-order valence-corrected chi connectivity index (χ1v) is 12.1. The van der Waals surface area contributed by atoms with Gasteiger partial charge in [-0.15, -0.1) is 0 Å². The van der Waals surface area contributed by atoms with Crippen LogP contribution in [0, 0.1) is 0 Å². The van der Waals surface area contributed by atoms with Gasteiger partial charge in [-0.2, -0.15) is 5.10 Å². The van der Waals surface area contributed by atoms with Gasteiger partial charge in [-0.3, -0.25) is 14.6 Å². The second-order valence-electron chi connectivity index (χ2n) is 9.34. The number of aromatic amines is 1. The summed E-state index contributed by atoms with van der Waals surface area (Å²) in [6, 6.07) is 11.7. The number of benzene rings is 1. The van der Waals surface area contributed by atoms with Crippen molar-refractivity contribution in [1.29, 1.82) is 0 Å². The third-order valence-electron chi connectivity index (χ3n) is 7.14. The first-order valence-electron chi connectivity index (χ1n) is 12.1. The summed E-state index contributed by atoms with van der Waals surface area (Å²) in [6.45, 7) is 3.43. The molecule has 1 aliphatic heterocycles. The van der Waals surface area contributed by atoms with E-state index in [1.807, 2.05) is 36.4 Å². The average Bonchev–Trinajstić information content (AvgIpc) is 3.38. The van der Waals surface area contributed by atoms with Crippen LogP contribution in [0.2, 0.25) is 0 Å². The maximum Gasteiger partial charge on any atom is 0.272 e. The van der Waals surface area contributed by atoms with Crippen LogP contribution in [-0.4, -0.2) is 51.7 Å². The van der Waals surface area contributed by atoms with Crippen LogP contribution in [0.15, 0.2) is 47.4 Å². The molecule has 2 aromatic heterocycles. The Labute approximate surface area is 193 Å². The van der Waals surface area contributed by atoms with E-state index >= 15 is 0 Å². The molecule has 0 bridgehead atoms. The Kier molecular flexibility index (Phi) is 6.48. The number of rotatable bonds is 6. The fourth-order valence-corrected chi connectivity index (χ4v) is 5.21. The summed E-state index contributed by atoms with van der Waals surface area (Å²) in [4.78, 5) is 31.8. The van der Waals surface area contributed by atoms with Crippen molar-refractivity contribution in [3.05, 3.63) is 69.9 Å². The monoisotopic (exact) mass is 445 g/mol. The molecule has 0 atom stereocenters. The van der Waals surface area contributed by atoms with E-state index in [0.29, 0.717) is 10.9 Å². The number of nitrogens with zero attached hydrogens (tertiary/aromatic N) is 3. The first kappa shape index (κ1) is 21.8. The minimum Gasteiger partial charge on any atom is -0.349 e. The number of fused-ring (bicyclic) bond motifs is 1. The Morgan fingerprint density at radius 1 is 1.03 bits per heavy atom. The minimum absolute atomic E-state index is 0.0512. The molecule has 172 valence electrons. The van der Waals surface area contributed by atoms with Crippen molar-refractivity contribution in [2.45, 2.75) is 56.9 Å². The topological polar surface area (TPSA) is 91.0 Å². The quantitative estimate of drug-likeness (QED) is 0.607. The number of nitrogens with one attached hydrogen (secondary N) is 2. The van der Waals surface area contributed by atoms with Crippen LogP contribution < -0.4 is 10.9 Å². The van der Waals surface area contributed by atoms with Gasteiger partial charge >= 0.3 is 0 Å². The highest BCUT2D eigenvalue weighted by atomic mass is 16.1. The summed E-state index contributed by atoms with van der Waals surface area (Å²) in [5, 5.41) is 11.8. The van der Waals surface area contributed by atoms with E-state index in [2.05, 4.69) is 25.4 Å². The van der Waals surface area contributed by atoms with Gasteiger partial charge in [-0.25, -0.2) is 5.10 Å². The lowest BCUT2D eigenvalue weighted by atomic mass is 9.82. The number of amides is 1. The number of hydrogen-bond donors (Lipinski definition) is 2. The van der Waals surface area contributed by atoms with Crippen LogP contribution in [0.5, 0.6) is 0 Å². The van der Waals surface area contributed by atoms with Gasteiger partial charge in [-0.1, -0.05) is 18.2 Å². The molecule has 3 heterocycles. The van der Waals surface area contributed by atoms with Crippen molar-refractivity contribution in [2.24, 2.45) is 0 Å². The molecule has 0 unspecified atom stereocenters. The molecule has 2 N–H and O–H groups in total. The van der Waals surface area contributed by atoms with Crippen LogP contribution in [0.25, 0.3) is 10.8 Å². The summed E-state index contributed by atoms with van der Waals surface area (Å²) in [5.41, 5.74) is 2.48. The number of pyridine rings is 1. The fourth-order valence-electron chi connectivity index (χ4n) is 5.21. The summed E-state index contributed by atoms with van der Waals surface area (Å²) in [6.07, 6.45) is 8.89. The van der Waals surface area contributed by atoms with E-state index in [4.69, 9.17) is 0 Å². The Balaban J connectivity index is 1.15. The van der Waals surface area contributed by atoms with Crippen molar-refractivity contribution in [3.8, 4) is 0 Å². The zero-order chi connectivity index (χ0) is 22.6. The molecule has 0 radical (unpaired) electrons. The molecule has 3 aromatic rings. The van der Waals surface area contributed by atoms with Gasteiger partial charge in [0.1, 0.15) is 0 Å². The van der Waals surface area contributed by atoms with Gasteiger partial charge in [0.05, 0.1) is 16.6 Å². The van der Waals surface area contributed by atoms with E-state index in [9.17, 15) is 9.59 Å². The minimum atomic E-state index is -0.147. The Morgan fingerprint density at radius 3 is 2.52 bits per heavy atom.